The molecule has 1 amide bonds. The standard InChI is InChI=1S/C26H24BrFN4O/c1-15(2)22-14-19(27)8-12-23(22)29-26(33)24-30-25(18-6-9-20(28)10-7-18)32(31-24)21-11-5-16(3)17(4)13-21/h5-15H,1-4H3,(H,29,33). The number of benzene rings is 3. The third-order valence-corrected chi connectivity index (χ3v) is 6.02. The summed E-state index contributed by atoms with van der Waals surface area (Å²) in [7, 11) is 0. The van der Waals surface area contributed by atoms with Gasteiger partial charge in [-0.2, -0.15) is 0 Å². The van der Waals surface area contributed by atoms with E-state index in [4.69, 9.17) is 0 Å². The number of carbonyl (C=O) groups excluding carboxylic acids is 1. The third-order valence-electron chi connectivity index (χ3n) is 5.53. The summed E-state index contributed by atoms with van der Waals surface area (Å²) in [6, 6.07) is 17.6. The van der Waals surface area contributed by atoms with Crippen LogP contribution in [-0.4, -0.2) is 20.7 Å². The molecule has 3 aromatic carbocycles. The quantitative estimate of drug-likeness (QED) is 0.322. The van der Waals surface area contributed by atoms with Crippen molar-refractivity contribution in [3.8, 4) is 17.1 Å². The van der Waals surface area contributed by atoms with Gasteiger partial charge < -0.3 is 5.32 Å². The highest BCUT2D eigenvalue weighted by Gasteiger charge is 2.20. The molecule has 0 bridgehead atoms. The van der Waals surface area contributed by atoms with Crippen LogP contribution in [0, 0.1) is 19.7 Å². The van der Waals surface area contributed by atoms with Gasteiger partial charge in [-0.3, -0.25) is 4.79 Å². The highest BCUT2D eigenvalue weighted by atomic mass is 79.9. The Morgan fingerprint density at radius 3 is 2.39 bits per heavy atom. The second-order valence-corrected chi connectivity index (χ2v) is 9.20. The van der Waals surface area contributed by atoms with Crippen molar-refractivity contribution >= 4 is 27.5 Å². The van der Waals surface area contributed by atoms with E-state index in [0.29, 0.717) is 17.1 Å². The zero-order valence-electron chi connectivity index (χ0n) is 18.9. The number of nitrogens with one attached hydrogen (secondary N) is 1. The highest BCUT2D eigenvalue weighted by molar-refractivity contribution is 9.10. The van der Waals surface area contributed by atoms with Gasteiger partial charge in [-0.05, 0) is 91.1 Å². The van der Waals surface area contributed by atoms with E-state index in [0.717, 1.165) is 26.9 Å². The number of amides is 1. The predicted molar refractivity (Wildman–Crippen MR) is 132 cm³/mol. The summed E-state index contributed by atoms with van der Waals surface area (Å²) in [5.41, 5.74) is 5.39. The topological polar surface area (TPSA) is 59.8 Å². The van der Waals surface area contributed by atoms with Crippen molar-refractivity contribution in [2.75, 3.05) is 5.32 Å². The third kappa shape index (κ3) is 4.88. The first kappa shape index (κ1) is 22.9. The molecule has 0 fully saturated rings. The molecule has 0 atom stereocenters. The van der Waals surface area contributed by atoms with Gasteiger partial charge >= 0.3 is 0 Å². The van der Waals surface area contributed by atoms with E-state index in [2.05, 4.69) is 45.2 Å². The number of halogens is 2. The van der Waals surface area contributed by atoms with Crippen LogP contribution in [0.2, 0.25) is 0 Å². The van der Waals surface area contributed by atoms with Crippen molar-refractivity contribution in [3.05, 3.63) is 93.5 Å². The molecule has 0 aliphatic heterocycles. The molecule has 0 radical (unpaired) electrons. The summed E-state index contributed by atoms with van der Waals surface area (Å²) in [6.07, 6.45) is 0. The van der Waals surface area contributed by atoms with Gasteiger partial charge in [0.2, 0.25) is 5.82 Å². The van der Waals surface area contributed by atoms with E-state index < -0.39 is 5.91 Å². The number of aryl methyl sites for hydroxylation is 2. The van der Waals surface area contributed by atoms with Crippen molar-refractivity contribution in [1.82, 2.24) is 14.8 Å². The van der Waals surface area contributed by atoms with Crippen LogP contribution in [0.4, 0.5) is 10.1 Å². The number of nitrogens with zero attached hydrogens (tertiary/aromatic N) is 3. The molecule has 0 saturated carbocycles. The number of carbonyl (C=O) groups is 1. The molecule has 5 nitrogen and oxygen atoms in total. The number of rotatable bonds is 5. The summed E-state index contributed by atoms with van der Waals surface area (Å²) in [4.78, 5) is 17.7. The number of hydrogen-bond acceptors (Lipinski definition) is 3. The van der Waals surface area contributed by atoms with Crippen LogP contribution in [0.25, 0.3) is 17.1 Å². The maximum atomic E-state index is 13.5. The van der Waals surface area contributed by atoms with E-state index in [1.165, 1.54) is 12.1 Å². The fourth-order valence-corrected chi connectivity index (χ4v) is 3.91. The SMILES string of the molecule is Cc1ccc(-n2nc(C(=O)Nc3ccc(Br)cc3C(C)C)nc2-c2ccc(F)cc2)cc1C. The number of anilines is 1. The molecule has 33 heavy (non-hydrogen) atoms. The molecule has 4 aromatic rings. The number of hydrogen-bond donors (Lipinski definition) is 1. The van der Waals surface area contributed by atoms with Crippen molar-refractivity contribution in [1.29, 1.82) is 0 Å². The molecule has 0 aliphatic carbocycles. The molecule has 0 spiro atoms. The van der Waals surface area contributed by atoms with E-state index >= 15 is 0 Å². The molecule has 1 N–H and O–H groups in total. The Hall–Kier alpha value is -3.32. The summed E-state index contributed by atoms with van der Waals surface area (Å²) in [6.45, 7) is 8.18. The van der Waals surface area contributed by atoms with Gasteiger partial charge in [0.15, 0.2) is 5.82 Å². The Morgan fingerprint density at radius 1 is 1.00 bits per heavy atom. The van der Waals surface area contributed by atoms with Crippen LogP contribution < -0.4 is 5.32 Å². The Balaban J connectivity index is 1.77. The molecular formula is C26H24BrFN4O. The van der Waals surface area contributed by atoms with E-state index in [1.807, 2.05) is 50.2 Å². The summed E-state index contributed by atoms with van der Waals surface area (Å²) in [5, 5.41) is 7.48. The van der Waals surface area contributed by atoms with Crippen molar-refractivity contribution in [2.24, 2.45) is 0 Å². The predicted octanol–water partition coefficient (Wildman–Crippen LogP) is 6.83. The monoisotopic (exact) mass is 506 g/mol. The van der Waals surface area contributed by atoms with Crippen molar-refractivity contribution in [2.45, 2.75) is 33.6 Å². The van der Waals surface area contributed by atoms with Gasteiger partial charge in [-0.25, -0.2) is 14.1 Å². The molecule has 7 heteroatoms. The second-order valence-electron chi connectivity index (χ2n) is 8.29. The molecule has 0 unspecified atom stereocenters. The largest absolute Gasteiger partial charge is 0.319 e. The Kier molecular flexibility index (Phi) is 6.42. The Morgan fingerprint density at radius 2 is 1.73 bits per heavy atom. The van der Waals surface area contributed by atoms with Gasteiger partial charge in [0, 0.05) is 15.7 Å². The molecule has 1 aromatic heterocycles. The van der Waals surface area contributed by atoms with E-state index in [-0.39, 0.29) is 17.6 Å². The normalized spacial score (nSPS) is 11.1. The lowest BCUT2D eigenvalue weighted by Gasteiger charge is -2.13. The van der Waals surface area contributed by atoms with E-state index in [9.17, 15) is 9.18 Å². The van der Waals surface area contributed by atoms with Crippen LogP contribution in [0.5, 0.6) is 0 Å². The van der Waals surface area contributed by atoms with Gasteiger partial charge in [0.1, 0.15) is 5.82 Å². The van der Waals surface area contributed by atoms with Crippen LogP contribution in [0.1, 0.15) is 47.1 Å². The fraction of sp³-hybridized carbons (Fsp3) is 0.192. The van der Waals surface area contributed by atoms with Gasteiger partial charge in [-0.1, -0.05) is 35.8 Å². The van der Waals surface area contributed by atoms with Crippen LogP contribution in [0.3, 0.4) is 0 Å². The number of aromatic nitrogens is 3. The Labute approximate surface area is 200 Å². The average Bonchev–Trinajstić information content (AvgIpc) is 3.23. The minimum atomic E-state index is -0.412. The Bertz CT molecular complexity index is 1330. The molecule has 1 heterocycles. The zero-order valence-corrected chi connectivity index (χ0v) is 20.4. The molecule has 0 saturated heterocycles. The zero-order chi connectivity index (χ0) is 23.7. The van der Waals surface area contributed by atoms with Crippen LogP contribution in [-0.2, 0) is 0 Å². The average molecular weight is 507 g/mol. The smallest absolute Gasteiger partial charge is 0.295 e. The maximum absolute atomic E-state index is 13.5. The lowest BCUT2D eigenvalue weighted by Crippen LogP contribution is -2.16. The minimum Gasteiger partial charge on any atom is -0.319 e. The van der Waals surface area contributed by atoms with Gasteiger partial charge in [0.25, 0.3) is 5.91 Å². The molecule has 0 aliphatic rings. The summed E-state index contributed by atoms with van der Waals surface area (Å²) >= 11 is 3.49. The van der Waals surface area contributed by atoms with Crippen molar-refractivity contribution in [3.63, 3.8) is 0 Å². The lowest BCUT2D eigenvalue weighted by atomic mass is 10.0. The van der Waals surface area contributed by atoms with Gasteiger partial charge in [-0.15, -0.1) is 5.10 Å². The van der Waals surface area contributed by atoms with E-state index in [1.54, 1.807) is 16.8 Å². The second kappa shape index (κ2) is 9.27. The first-order valence-electron chi connectivity index (χ1n) is 10.6. The molecule has 168 valence electrons. The summed E-state index contributed by atoms with van der Waals surface area (Å²) < 4.78 is 16.1. The fourth-order valence-electron chi connectivity index (χ4n) is 3.53. The first-order valence-corrected chi connectivity index (χ1v) is 11.4. The molecule has 4 rings (SSSR count). The molecular weight excluding hydrogens is 483 g/mol. The van der Waals surface area contributed by atoms with Crippen LogP contribution in [0.15, 0.2) is 65.1 Å². The first-order chi connectivity index (χ1) is 15.7. The van der Waals surface area contributed by atoms with Gasteiger partial charge in [0.05, 0.1) is 5.69 Å². The highest BCUT2D eigenvalue weighted by Crippen LogP contribution is 2.28. The van der Waals surface area contributed by atoms with Crippen molar-refractivity contribution < 1.29 is 9.18 Å². The lowest BCUT2D eigenvalue weighted by molar-refractivity contribution is 0.101. The van der Waals surface area contributed by atoms with Crippen LogP contribution >= 0.6 is 15.9 Å². The minimum absolute atomic E-state index is 0.0326. The summed E-state index contributed by atoms with van der Waals surface area (Å²) in [5.74, 6) is -0.0438. The maximum Gasteiger partial charge on any atom is 0.295 e.